The zero-order chi connectivity index (χ0) is 16.2. The van der Waals surface area contributed by atoms with Gasteiger partial charge in [-0.05, 0) is 56.5 Å². The van der Waals surface area contributed by atoms with E-state index in [0.29, 0.717) is 6.04 Å². The van der Waals surface area contributed by atoms with E-state index < -0.39 is 0 Å². The fourth-order valence-corrected chi connectivity index (χ4v) is 4.78. The molecule has 3 nitrogen and oxygen atoms in total. The molecule has 2 aliphatic rings. The fourth-order valence-electron chi connectivity index (χ4n) is 4.51. The second-order valence-corrected chi connectivity index (χ2v) is 7.64. The molecule has 2 fully saturated rings. The minimum Gasteiger partial charge on any atom is -0.359 e. The van der Waals surface area contributed by atoms with Gasteiger partial charge in [-0.15, -0.1) is 0 Å². The summed E-state index contributed by atoms with van der Waals surface area (Å²) in [7, 11) is 0. The van der Waals surface area contributed by atoms with E-state index in [1.807, 2.05) is 4.90 Å². The van der Waals surface area contributed by atoms with Crippen LogP contribution in [0.3, 0.4) is 0 Å². The molecule has 0 saturated carbocycles. The molecule has 0 radical (unpaired) electrons. The molecule has 3 rings (SSSR count). The first-order valence-electron chi connectivity index (χ1n) is 9.16. The number of hydrogen-bond acceptors (Lipinski definition) is 1. The number of nitrogens with one attached hydrogen (secondary N) is 3. The number of benzene rings is 1. The summed E-state index contributed by atoms with van der Waals surface area (Å²) in [6.07, 6.45) is 8.03. The van der Waals surface area contributed by atoms with E-state index in [2.05, 4.69) is 48.7 Å². The second-order valence-electron chi connectivity index (χ2n) is 7.23. The molecule has 4 heteroatoms. The van der Waals surface area contributed by atoms with E-state index in [0.717, 1.165) is 22.9 Å². The monoisotopic (exact) mass is 332 g/mol. The van der Waals surface area contributed by atoms with Crippen LogP contribution >= 0.6 is 12.2 Å². The molecular weight excluding hydrogens is 302 g/mol. The Morgan fingerprint density at radius 2 is 1.91 bits per heavy atom. The zero-order valence-corrected chi connectivity index (χ0v) is 15.2. The molecule has 1 aromatic rings. The van der Waals surface area contributed by atoms with E-state index in [1.54, 1.807) is 0 Å². The maximum absolute atomic E-state index is 5.56. The molecule has 3 N–H and O–H groups in total. The summed E-state index contributed by atoms with van der Waals surface area (Å²) in [5.41, 5.74) is 2.34. The number of piperidine rings is 2. The van der Waals surface area contributed by atoms with E-state index >= 15 is 0 Å². The Morgan fingerprint density at radius 1 is 1.22 bits per heavy atom. The first kappa shape index (κ1) is 16.7. The van der Waals surface area contributed by atoms with Gasteiger partial charge < -0.3 is 15.5 Å². The summed E-state index contributed by atoms with van der Waals surface area (Å²) in [6.45, 7) is 5.77. The van der Waals surface area contributed by atoms with Gasteiger partial charge in [-0.3, -0.25) is 0 Å². The minimum absolute atomic E-state index is 0.537. The molecule has 2 saturated heterocycles. The number of rotatable bonds is 4. The molecule has 2 bridgehead atoms. The SMILES string of the molecule is CCC[NH+]1[C@@H]2CCC[C@H]1CC(NC(=S)Nc1ccccc1C)C2. The zero-order valence-electron chi connectivity index (χ0n) is 14.4. The third-order valence-corrected chi connectivity index (χ3v) is 5.78. The van der Waals surface area contributed by atoms with E-state index in [9.17, 15) is 0 Å². The van der Waals surface area contributed by atoms with Gasteiger partial charge in [0.1, 0.15) is 0 Å². The van der Waals surface area contributed by atoms with Crippen molar-refractivity contribution in [3.8, 4) is 0 Å². The van der Waals surface area contributed by atoms with E-state index in [1.165, 1.54) is 50.6 Å². The predicted octanol–water partition coefficient (Wildman–Crippen LogP) is 2.66. The smallest absolute Gasteiger partial charge is 0.171 e. The van der Waals surface area contributed by atoms with Gasteiger partial charge in [0.2, 0.25) is 0 Å². The lowest BCUT2D eigenvalue weighted by Gasteiger charge is -2.46. The highest BCUT2D eigenvalue weighted by Crippen LogP contribution is 2.22. The number of quaternary nitrogens is 1. The lowest BCUT2D eigenvalue weighted by molar-refractivity contribution is -0.961. The highest BCUT2D eigenvalue weighted by molar-refractivity contribution is 7.80. The van der Waals surface area contributed by atoms with Crippen LogP contribution in [-0.2, 0) is 0 Å². The van der Waals surface area contributed by atoms with Crippen molar-refractivity contribution in [1.82, 2.24) is 5.32 Å². The van der Waals surface area contributed by atoms with Gasteiger partial charge in [0, 0.05) is 24.6 Å². The van der Waals surface area contributed by atoms with Crippen LogP contribution < -0.4 is 15.5 Å². The van der Waals surface area contributed by atoms with Gasteiger partial charge >= 0.3 is 0 Å². The molecule has 2 aliphatic heterocycles. The van der Waals surface area contributed by atoms with Crippen molar-refractivity contribution in [3.05, 3.63) is 29.8 Å². The van der Waals surface area contributed by atoms with Crippen molar-refractivity contribution >= 4 is 23.0 Å². The summed E-state index contributed by atoms with van der Waals surface area (Å²) in [5.74, 6) is 0. The molecule has 23 heavy (non-hydrogen) atoms. The Bertz CT molecular complexity index is 531. The Labute approximate surface area is 145 Å². The standard InChI is InChI=1S/C19H29N3S/c1-3-11-22-16-8-6-9-17(22)13-15(12-16)20-19(23)21-18-10-5-4-7-14(18)2/h4-5,7,10,15-17H,3,6,8-9,11-13H2,1-2H3,(H2,20,21,23)/p+1/t15?,16-,17+. The Balaban J connectivity index is 1.57. The molecule has 2 unspecified atom stereocenters. The average molecular weight is 333 g/mol. The highest BCUT2D eigenvalue weighted by atomic mass is 32.1. The highest BCUT2D eigenvalue weighted by Gasteiger charge is 2.41. The number of anilines is 1. The van der Waals surface area contributed by atoms with Crippen molar-refractivity contribution in [3.63, 3.8) is 0 Å². The van der Waals surface area contributed by atoms with Gasteiger partial charge in [0.05, 0.1) is 18.6 Å². The molecule has 0 amide bonds. The Morgan fingerprint density at radius 3 is 2.57 bits per heavy atom. The summed E-state index contributed by atoms with van der Waals surface area (Å²) in [5, 5.41) is 7.74. The van der Waals surface area contributed by atoms with E-state index in [4.69, 9.17) is 12.2 Å². The maximum atomic E-state index is 5.56. The summed E-state index contributed by atoms with van der Waals surface area (Å²) >= 11 is 5.56. The van der Waals surface area contributed by atoms with Crippen LogP contribution in [0.5, 0.6) is 0 Å². The lowest BCUT2D eigenvalue weighted by atomic mass is 9.81. The quantitative estimate of drug-likeness (QED) is 0.741. The third-order valence-electron chi connectivity index (χ3n) is 5.56. The second kappa shape index (κ2) is 7.63. The molecule has 0 spiro atoms. The molecule has 126 valence electrons. The largest absolute Gasteiger partial charge is 0.359 e. The Hall–Kier alpha value is -1.13. The van der Waals surface area contributed by atoms with Crippen molar-refractivity contribution in [2.45, 2.75) is 70.5 Å². The van der Waals surface area contributed by atoms with Crippen LogP contribution in [0.4, 0.5) is 5.69 Å². The van der Waals surface area contributed by atoms with Gasteiger partial charge in [-0.25, -0.2) is 0 Å². The van der Waals surface area contributed by atoms with Gasteiger partial charge in [0.25, 0.3) is 0 Å². The van der Waals surface area contributed by atoms with Crippen LogP contribution in [0.2, 0.25) is 0 Å². The molecule has 0 aromatic heterocycles. The van der Waals surface area contributed by atoms with Crippen LogP contribution in [0.1, 0.15) is 51.0 Å². The van der Waals surface area contributed by atoms with E-state index in [-0.39, 0.29) is 0 Å². The molecule has 1 aromatic carbocycles. The molecule has 0 aliphatic carbocycles. The molecule has 4 atom stereocenters. The summed E-state index contributed by atoms with van der Waals surface area (Å²) in [6, 6.07) is 10.5. The minimum atomic E-state index is 0.537. The Kier molecular flexibility index (Phi) is 5.54. The normalized spacial score (nSPS) is 29.8. The topological polar surface area (TPSA) is 28.5 Å². The van der Waals surface area contributed by atoms with Crippen molar-refractivity contribution in [2.24, 2.45) is 0 Å². The number of thiocarbonyl (C=S) groups is 1. The fraction of sp³-hybridized carbons (Fsp3) is 0.632. The van der Waals surface area contributed by atoms with Crippen LogP contribution in [0, 0.1) is 6.92 Å². The number of hydrogen-bond donors (Lipinski definition) is 3. The van der Waals surface area contributed by atoms with Crippen LogP contribution in [-0.4, -0.2) is 29.8 Å². The third kappa shape index (κ3) is 4.04. The number of fused-ring (bicyclic) bond motifs is 2. The van der Waals surface area contributed by atoms with Gasteiger partial charge in [-0.2, -0.15) is 0 Å². The van der Waals surface area contributed by atoms with Crippen LogP contribution in [0.25, 0.3) is 0 Å². The van der Waals surface area contributed by atoms with Gasteiger partial charge in [0.15, 0.2) is 5.11 Å². The van der Waals surface area contributed by atoms with Crippen LogP contribution in [0.15, 0.2) is 24.3 Å². The number of aryl methyl sites for hydroxylation is 1. The van der Waals surface area contributed by atoms with Crippen molar-refractivity contribution in [1.29, 1.82) is 0 Å². The molecule has 2 heterocycles. The number of para-hydroxylation sites is 1. The maximum Gasteiger partial charge on any atom is 0.171 e. The predicted molar refractivity (Wildman–Crippen MR) is 101 cm³/mol. The van der Waals surface area contributed by atoms with Crippen molar-refractivity contribution < 1.29 is 4.90 Å². The first-order chi connectivity index (χ1) is 11.2. The lowest BCUT2D eigenvalue weighted by Crippen LogP contribution is -3.21. The van der Waals surface area contributed by atoms with Gasteiger partial charge in [-0.1, -0.05) is 25.1 Å². The summed E-state index contributed by atoms with van der Waals surface area (Å²) in [4.78, 5) is 1.87. The summed E-state index contributed by atoms with van der Waals surface area (Å²) < 4.78 is 0. The molecular formula is C19H30N3S+. The average Bonchev–Trinajstić information content (AvgIpc) is 2.50. The van der Waals surface area contributed by atoms with Crippen molar-refractivity contribution in [2.75, 3.05) is 11.9 Å². The first-order valence-corrected chi connectivity index (χ1v) is 9.57.